The number of benzene rings is 1. The first-order chi connectivity index (χ1) is 16.1. The molecule has 0 unspecified atom stereocenters. The Labute approximate surface area is 196 Å². The highest BCUT2D eigenvalue weighted by molar-refractivity contribution is 7.21. The van der Waals surface area contributed by atoms with Crippen LogP contribution in [0.5, 0.6) is 5.75 Å². The lowest BCUT2D eigenvalue weighted by atomic mass is 10.0. The molecule has 1 amide bonds. The van der Waals surface area contributed by atoms with Gasteiger partial charge in [-0.05, 0) is 56.4 Å². The number of morpholine rings is 1. The van der Waals surface area contributed by atoms with Crippen LogP contribution in [0.3, 0.4) is 0 Å². The number of amides is 1. The molecule has 3 aliphatic rings. The molecule has 7 nitrogen and oxygen atoms in total. The largest absolute Gasteiger partial charge is 0.491 e. The number of carbonyl (C=O) groups is 1. The van der Waals surface area contributed by atoms with E-state index in [9.17, 15) is 4.79 Å². The van der Waals surface area contributed by atoms with E-state index in [1.54, 1.807) is 0 Å². The standard InChI is InChI=1S/C25H28N4O3S/c1-14-5-8-18-22(26)23(33-25(18)27-14)24(30)28-16-11-15-6-7-17(12-21(15)32-13-16)29-9-10-31-20-4-2-3-19(20)29/h5-8,12,16,19-20H,2-4,9-11,13,26H2,1H3,(H,28,30)/t16-,19+,20-/m1/s1. The predicted octanol–water partition coefficient (Wildman–Crippen LogP) is 3.68. The third-order valence-electron chi connectivity index (χ3n) is 7.05. The fourth-order valence-electron chi connectivity index (χ4n) is 5.39. The Balaban J connectivity index is 1.16. The minimum Gasteiger partial charge on any atom is -0.491 e. The topological polar surface area (TPSA) is 89.7 Å². The number of hydrogen-bond acceptors (Lipinski definition) is 7. The minimum atomic E-state index is -0.164. The lowest BCUT2D eigenvalue weighted by molar-refractivity contribution is 0.0256. The molecule has 0 bridgehead atoms. The molecule has 6 rings (SSSR count). The van der Waals surface area contributed by atoms with Crippen LogP contribution < -0.4 is 20.7 Å². The summed E-state index contributed by atoms with van der Waals surface area (Å²) >= 11 is 1.34. The molecule has 8 heteroatoms. The number of hydrogen-bond donors (Lipinski definition) is 2. The Bertz CT molecular complexity index is 1230. The number of fused-ring (bicyclic) bond motifs is 3. The van der Waals surface area contributed by atoms with E-state index >= 15 is 0 Å². The third-order valence-corrected chi connectivity index (χ3v) is 8.16. The summed E-state index contributed by atoms with van der Waals surface area (Å²) in [4.78, 5) is 21.3. The molecule has 3 N–H and O–H groups in total. The smallest absolute Gasteiger partial charge is 0.263 e. The number of rotatable bonds is 3. The first-order valence-electron chi connectivity index (χ1n) is 11.7. The van der Waals surface area contributed by atoms with Crippen molar-refractivity contribution >= 4 is 38.8 Å². The maximum absolute atomic E-state index is 13.0. The summed E-state index contributed by atoms with van der Waals surface area (Å²) in [5, 5.41) is 3.95. The fourth-order valence-corrected chi connectivity index (χ4v) is 6.43. The van der Waals surface area contributed by atoms with Gasteiger partial charge in [-0.2, -0.15) is 0 Å². The molecule has 33 heavy (non-hydrogen) atoms. The highest BCUT2D eigenvalue weighted by Crippen LogP contribution is 2.37. The maximum atomic E-state index is 13.0. The summed E-state index contributed by atoms with van der Waals surface area (Å²) in [6.45, 7) is 4.08. The second kappa shape index (κ2) is 8.18. The van der Waals surface area contributed by atoms with E-state index in [1.807, 2.05) is 19.1 Å². The molecule has 2 aliphatic heterocycles. The van der Waals surface area contributed by atoms with E-state index in [-0.39, 0.29) is 11.9 Å². The number of ether oxygens (including phenoxy) is 2. The van der Waals surface area contributed by atoms with Gasteiger partial charge in [-0.3, -0.25) is 4.79 Å². The zero-order valence-corrected chi connectivity index (χ0v) is 19.5. The van der Waals surface area contributed by atoms with Crippen molar-refractivity contribution < 1.29 is 14.3 Å². The number of pyridine rings is 1. The molecule has 172 valence electrons. The molecule has 1 aliphatic carbocycles. The zero-order valence-electron chi connectivity index (χ0n) is 18.7. The van der Waals surface area contributed by atoms with Crippen LogP contribution in [-0.2, 0) is 11.2 Å². The highest BCUT2D eigenvalue weighted by atomic mass is 32.1. The number of nitrogens with zero attached hydrogens (tertiary/aromatic N) is 2. The monoisotopic (exact) mass is 464 g/mol. The van der Waals surface area contributed by atoms with Gasteiger partial charge < -0.3 is 25.4 Å². The van der Waals surface area contributed by atoms with E-state index in [0.717, 1.165) is 53.2 Å². The fraction of sp³-hybridized carbons (Fsp3) is 0.440. The summed E-state index contributed by atoms with van der Waals surface area (Å²) < 4.78 is 12.1. The first kappa shape index (κ1) is 20.7. The summed E-state index contributed by atoms with van der Waals surface area (Å²) in [5.41, 5.74) is 9.99. The Morgan fingerprint density at radius 2 is 2.18 bits per heavy atom. The van der Waals surface area contributed by atoms with E-state index in [4.69, 9.17) is 15.2 Å². The average molecular weight is 465 g/mol. The van der Waals surface area contributed by atoms with Gasteiger partial charge in [-0.15, -0.1) is 11.3 Å². The van der Waals surface area contributed by atoms with Gasteiger partial charge in [0.15, 0.2) is 0 Å². The maximum Gasteiger partial charge on any atom is 0.263 e. The molecule has 3 atom stereocenters. The number of nitrogen functional groups attached to an aromatic ring is 1. The van der Waals surface area contributed by atoms with Crippen molar-refractivity contribution in [3.8, 4) is 5.75 Å². The molecular weight excluding hydrogens is 436 g/mol. The van der Waals surface area contributed by atoms with E-state index in [0.29, 0.717) is 29.3 Å². The van der Waals surface area contributed by atoms with Crippen LogP contribution in [0.2, 0.25) is 0 Å². The lowest BCUT2D eigenvalue weighted by Crippen LogP contribution is -2.48. The average Bonchev–Trinajstić information content (AvgIpc) is 3.43. The Morgan fingerprint density at radius 1 is 1.27 bits per heavy atom. The van der Waals surface area contributed by atoms with Crippen LogP contribution in [-0.4, -0.2) is 48.8 Å². The number of aromatic nitrogens is 1. The van der Waals surface area contributed by atoms with Crippen molar-refractivity contribution in [3.63, 3.8) is 0 Å². The van der Waals surface area contributed by atoms with Crippen molar-refractivity contribution in [2.75, 3.05) is 30.4 Å². The van der Waals surface area contributed by atoms with Crippen LogP contribution in [0.15, 0.2) is 30.3 Å². The summed E-state index contributed by atoms with van der Waals surface area (Å²) in [6, 6.07) is 10.7. The van der Waals surface area contributed by atoms with E-state index in [2.05, 4.69) is 33.4 Å². The second-order valence-electron chi connectivity index (χ2n) is 9.23. The Hall–Kier alpha value is -2.84. The molecule has 2 aromatic heterocycles. The van der Waals surface area contributed by atoms with Gasteiger partial charge in [0.2, 0.25) is 0 Å². The SMILES string of the molecule is Cc1ccc2c(N)c(C(=O)N[C@H]3COc4cc(N5CCO[C@@H]6CCC[C@@H]65)ccc4C3)sc2n1. The van der Waals surface area contributed by atoms with E-state index in [1.165, 1.54) is 29.9 Å². The van der Waals surface area contributed by atoms with Crippen LogP contribution in [0.4, 0.5) is 11.4 Å². The number of thiophene rings is 1. The van der Waals surface area contributed by atoms with Crippen molar-refractivity contribution in [2.24, 2.45) is 0 Å². The first-order valence-corrected chi connectivity index (χ1v) is 12.5. The van der Waals surface area contributed by atoms with Gasteiger partial charge in [0.05, 0.1) is 30.5 Å². The van der Waals surface area contributed by atoms with Gasteiger partial charge >= 0.3 is 0 Å². The summed E-state index contributed by atoms with van der Waals surface area (Å²) in [6.07, 6.45) is 4.67. The molecule has 0 spiro atoms. The van der Waals surface area contributed by atoms with Gasteiger partial charge in [0.25, 0.3) is 5.91 Å². The molecule has 1 saturated carbocycles. The Kier molecular flexibility index (Phi) is 5.14. The van der Waals surface area contributed by atoms with Gasteiger partial charge in [0, 0.05) is 29.4 Å². The van der Waals surface area contributed by atoms with Crippen LogP contribution in [0.1, 0.15) is 40.2 Å². The molecule has 0 radical (unpaired) electrons. The van der Waals surface area contributed by atoms with Gasteiger partial charge in [-0.25, -0.2) is 4.98 Å². The second-order valence-corrected chi connectivity index (χ2v) is 10.2. The zero-order chi connectivity index (χ0) is 22.5. The summed E-state index contributed by atoms with van der Waals surface area (Å²) in [5.74, 6) is 0.752. The highest BCUT2D eigenvalue weighted by Gasteiger charge is 2.36. The molecule has 3 aromatic rings. The van der Waals surface area contributed by atoms with E-state index < -0.39 is 0 Å². The van der Waals surface area contributed by atoms with Crippen molar-refractivity contribution in [3.05, 3.63) is 46.5 Å². The number of nitrogens with two attached hydrogens (primary N) is 1. The lowest BCUT2D eigenvalue weighted by Gasteiger charge is -2.40. The number of aryl methyl sites for hydroxylation is 1. The number of carbonyl (C=O) groups excluding carboxylic acids is 1. The molecule has 2 fully saturated rings. The number of nitrogens with one attached hydrogen (secondary N) is 1. The molecular formula is C25H28N4O3S. The third kappa shape index (κ3) is 3.71. The van der Waals surface area contributed by atoms with Crippen LogP contribution >= 0.6 is 11.3 Å². The normalized spacial score (nSPS) is 24.3. The van der Waals surface area contributed by atoms with Crippen molar-refractivity contribution in [2.45, 2.75) is 50.8 Å². The quantitative estimate of drug-likeness (QED) is 0.615. The molecule has 1 saturated heterocycles. The van der Waals surface area contributed by atoms with Crippen molar-refractivity contribution in [1.29, 1.82) is 0 Å². The summed E-state index contributed by atoms with van der Waals surface area (Å²) in [7, 11) is 0. The molecule has 1 aromatic carbocycles. The van der Waals surface area contributed by atoms with Crippen LogP contribution in [0.25, 0.3) is 10.2 Å². The minimum absolute atomic E-state index is 0.0993. The van der Waals surface area contributed by atoms with Crippen molar-refractivity contribution in [1.82, 2.24) is 10.3 Å². The number of anilines is 2. The predicted molar refractivity (Wildman–Crippen MR) is 130 cm³/mol. The molecule has 4 heterocycles. The van der Waals surface area contributed by atoms with Gasteiger partial charge in [-0.1, -0.05) is 6.07 Å². The van der Waals surface area contributed by atoms with Gasteiger partial charge in [0.1, 0.15) is 22.1 Å². The Morgan fingerprint density at radius 3 is 3.09 bits per heavy atom. The van der Waals surface area contributed by atoms with Crippen LogP contribution in [0, 0.1) is 6.92 Å².